The van der Waals surface area contributed by atoms with Gasteiger partial charge in [-0.15, -0.1) is 0 Å². The van der Waals surface area contributed by atoms with Gasteiger partial charge in [0.2, 0.25) is 5.75 Å². The van der Waals surface area contributed by atoms with Crippen LogP contribution in [0.15, 0.2) is 54.9 Å². The van der Waals surface area contributed by atoms with E-state index >= 15 is 0 Å². The number of fused-ring (bicyclic) bond motifs is 1. The number of aliphatic hydroxyl groups is 1. The summed E-state index contributed by atoms with van der Waals surface area (Å²) in [6.45, 7) is 1.27. The summed E-state index contributed by atoms with van der Waals surface area (Å²) in [6.07, 6.45) is 3.36. The highest BCUT2D eigenvalue weighted by molar-refractivity contribution is 5.97. The van der Waals surface area contributed by atoms with Crippen molar-refractivity contribution in [3.8, 4) is 34.6 Å². The van der Waals surface area contributed by atoms with E-state index in [1.165, 1.54) is 0 Å². The predicted molar refractivity (Wildman–Crippen MR) is 138 cm³/mol. The third-order valence-corrected chi connectivity index (χ3v) is 5.66. The van der Waals surface area contributed by atoms with Crippen molar-refractivity contribution < 1.29 is 19.3 Å². The lowest BCUT2D eigenvalue weighted by Gasteiger charge is -2.16. The van der Waals surface area contributed by atoms with E-state index < -0.39 is 0 Å². The molecule has 4 rings (SSSR count). The number of pyridine rings is 2. The average Bonchev–Trinajstić information content (AvgIpc) is 2.92. The quantitative estimate of drug-likeness (QED) is 0.286. The number of nitriles is 1. The molecule has 0 saturated carbocycles. The Morgan fingerprint density at radius 2 is 1.72 bits per heavy atom. The van der Waals surface area contributed by atoms with Gasteiger partial charge in [0.1, 0.15) is 6.07 Å². The number of ether oxygens (including phenoxy) is 3. The molecule has 0 amide bonds. The summed E-state index contributed by atoms with van der Waals surface area (Å²) in [5, 5.41) is 25.9. The molecule has 0 unspecified atom stereocenters. The number of hydrogen-bond acceptors (Lipinski definition) is 9. The number of rotatable bonds is 10. The zero-order chi connectivity index (χ0) is 25.5. The van der Waals surface area contributed by atoms with E-state index in [0.717, 1.165) is 27.7 Å². The van der Waals surface area contributed by atoms with Crippen LogP contribution in [-0.4, -0.2) is 49.6 Å². The Hall–Kier alpha value is -4.39. The van der Waals surface area contributed by atoms with E-state index in [0.29, 0.717) is 47.3 Å². The number of benzene rings is 2. The normalized spacial score (nSPS) is 10.6. The Labute approximate surface area is 209 Å². The maximum absolute atomic E-state index is 9.75. The summed E-state index contributed by atoms with van der Waals surface area (Å²) in [6, 6.07) is 15.6. The second kappa shape index (κ2) is 11.4. The van der Waals surface area contributed by atoms with Crippen molar-refractivity contribution in [3.63, 3.8) is 0 Å². The van der Waals surface area contributed by atoms with Crippen LogP contribution in [0.5, 0.6) is 17.2 Å². The van der Waals surface area contributed by atoms with E-state index in [2.05, 4.69) is 26.7 Å². The van der Waals surface area contributed by atoms with Gasteiger partial charge in [-0.3, -0.25) is 9.97 Å². The van der Waals surface area contributed by atoms with Crippen molar-refractivity contribution >= 4 is 22.3 Å². The van der Waals surface area contributed by atoms with Gasteiger partial charge in [-0.1, -0.05) is 12.1 Å². The van der Waals surface area contributed by atoms with Gasteiger partial charge < -0.3 is 30.0 Å². The molecule has 184 valence electrons. The molecule has 9 heteroatoms. The first-order valence-electron chi connectivity index (χ1n) is 11.3. The van der Waals surface area contributed by atoms with Gasteiger partial charge in [0.25, 0.3) is 0 Å². The molecule has 3 N–H and O–H groups in total. The highest BCUT2D eigenvalue weighted by atomic mass is 16.5. The number of nitrogens with one attached hydrogen (secondary N) is 2. The fourth-order valence-corrected chi connectivity index (χ4v) is 3.88. The van der Waals surface area contributed by atoms with Crippen LogP contribution in [0.25, 0.3) is 22.2 Å². The van der Waals surface area contributed by atoms with E-state index in [1.54, 1.807) is 39.7 Å². The third kappa shape index (κ3) is 5.15. The molecule has 2 heterocycles. The first kappa shape index (κ1) is 24.7. The van der Waals surface area contributed by atoms with Crippen LogP contribution in [0.4, 0.5) is 11.4 Å². The van der Waals surface area contributed by atoms with Crippen molar-refractivity contribution in [2.45, 2.75) is 6.54 Å². The molecular weight excluding hydrogens is 458 g/mol. The second-order valence-corrected chi connectivity index (χ2v) is 7.88. The smallest absolute Gasteiger partial charge is 0.203 e. The second-order valence-electron chi connectivity index (χ2n) is 7.88. The Balaban J connectivity index is 1.69. The Bertz CT molecular complexity index is 1380. The molecule has 0 atom stereocenters. The number of nitrogens with zero attached hydrogens (tertiary/aromatic N) is 3. The lowest BCUT2D eigenvalue weighted by atomic mass is 10.0. The molecule has 0 aliphatic carbocycles. The zero-order valence-electron chi connectivity index (χ0n) is 20.3. The topological polar surface area (TPSA) is 122 Å². The van der Waals surface area contributed by atoms with Crippen LogP contribution in [0, 0.1) is 11.3 Å². The Morgan fingerprint density at radius 3 is 2.33 bits per heavy atom. The monoisotopic (exact) mass is 485 g/mol. The van der Waals surface area contributed by atoms with E-state index in [1.807, 2.05) is 36.5 Å². The minimum atomic E-state index is 0.0967. The van der Waals surface area contributed by atoms with Crippen molar-refractivity contribution in [3.05, 3.63) is 66.0 Å². The first-order chi connectivity index (χ1) is 17.6. The Kier molecular flexibility index (Phi) is 7.80. The molecule has 4 aromatic rings. The van der Waals surface area contributed by atoms with Crippen molar-refractivity contribution in [1.82, 2.24) is 15.3 Å². The molecule has 0 spiro atoms. The summed E-state index contributed by atoms with van der Waals surface area (Å²) < 4.78 is 16.3. The molecule has 2 aromatic heterocycles. The van der Waals surface area contributed by atoms with Gasteiger partial charge in [0.05, 0.1) is 50.4 Å². The van der Waals surface area contributed by atoms with Crippen LogP contribution >= 0.6 is 0 Å². The molecule has 0 aliphatic rings. The predicted octanol–water partition coefficient (Wildman–Crippen LogP) is 4.02. The standard InChI is InChI=1S/C27H27N5O4/c1-34-24-11-20(12-25(35-2)27(24)36-3)32-26-19(13-28)16-31-23-10-18(5-6-21(23)26)22-7-4-17(15-30-22)14-29-8-9-33/h4-7,10-12,15-16,29,33H,8-9,14H2,1-3H3,(H,31,32). The van der Waals surface area contributed by atoms with Crippen LogP contribution in [0.1, 0.15) is 11.1 Å². The molecule has 0 aliphatic heterocycles. The zero-order valence-corrected chi connectivity index (χ0v) is 20.3. The van der Waals surface area contributed by atoms with Gasteiger partial charge in [-0.25, -0.2) is 0 Å². The molecule has 0 radical (unpaired) electrons. The van der Waals surface area contributed by atoms with Gasteiger partial charge in [0, 0.05) is 54.3 Å². The van der Waals surface area contributed by atoms with E-state index in [4.69, 9.17) is 19.3 Å². The lowest BCUT2D eigenvalue weighted by Crippen LogP contribution is -2.17. The molecular formula is C27H27N5O4. The Morgan fingerprint density at radius 1 is 0.944 bits per heavy atom. The van der Waals surface area contributed by atoms with Crippen LogP contribution in [0.3, 0.4) is 0 Å². The maximum Gasteiger partial charge on any atom is 0.203 e. The third-order valence-electron chi connectivity index (χ3n) is 5.66. The fourth-order valence-electron chi connectivity index (χ4n) is 3.88. The molecule has 9 nitrogen and oxygen atoms in total. The molecule has 2 aromatic carbocycles. The number of hydrogen-bond donors (Lipinski definition) is 3. The largest absolute Gasteiger partial charge is 0.493 e. The number of methoxy groups -OCH3 is 3. The fraction of sp³-hybridized carbons (Fsp3) is 0.222. The minimum Gasteiger partial charge on any atom is -0.493 e. The van der Waals surface area contributed by atoms with Gasteiger partial charge in [0.15, 0.2) is 11.5 Å². The maximum atomic E-state index is 9.75. The first-order valence-corrected chi connectivity index (χ1v) is 11.3. The van der Waals surface area contributed by atoms with Gasteiger partial charge >= 0.3 is 0 Å². The number of anilines is 2. The van der Waals surface area contributed by atoms with Crippen molar-refractivity contribution in [2.24, 2.45) is 0 Å². The lowest BCUT2D eigenvalue weighted by molar-refractivity contribution is 0.292. The highest BCUT2D eigenvalue weighted by Crippen LogP contribution is 2.41. The summed E-state index contributed by atoms with van der Waals surface area (Å²) in [7, 11) is 4.65. The highest BCUT2D eigenvalue weighted by Gasteiger charge is 2.16. The molecule has 0 fully saturated rings. The molecule has 0 bridgehead atoms. The van der Waals surface area contributed by atoms with E-state index in [9.17, 15) is 5.26 Å². The van der Waals surface area contributed by atoms with Crippen LogP contribution < -0.4 is 24.8 Å². The average molecular weight is 486 g/mol. The molecule has 36 heavy (non-hydrogen) atoms. The van der Waals surface area contributed by atoms with Crippen molar-refractivity contribution in [2.75, 3.05) is 39.8 Å². The van der Waals surface area contributed by atoms with Crippen LogP contribution in [0.2, 0.25) is 0 Å². The molecule has 0 saturated heterocycles. The SMILES string of the molecule is COc1cc(Nc2c(C#N)cnc3cc(-c4ccc(CNCCO)cn4)ccc23)cc(OC)c1OC. The summed E-state index contributed by atoms with van der Waals surface area (Å²) >= 11 is 0. The summed E-state index contributed by atoms with van der Waals surface area (Å²) in [5.41, 5.74) is 5.17. The van der Waals surface area contributed by atoms with Gasteiger partial charge in [-0.2, -0.15) is 5.26 Å². The minimum absolute atomic E-state index is 0.0967. The van der Waals surface area contributed by atoms with Crippen molar-refractivity contribution in [1.29, 1.82) is 5.26 Å². The summed E-state index contributed by atoms with van der Waals surface area (Å²) in [4.78, 5) is 9.08. The summed E-state index contributed by atoms with van der Waals surface area (Å²) in [5.74, 6) is 1.48. The number of aliphatic hydroxyl groups excluding tert-OH is 1. The number of aromatic nitrogens is 2. The van der Waals surface area contributed by atoms with E-state index in [-0.39, 0.29) is 6.61 Å². The van der Waals surface area contributed by atoms with Crippen LogP contribution in [-0.2, 0) is 6.54 Å². The van der Waals surface area contributed by atoms with Gasteiger partial charge in [-0.05, 0) is 23.8 Å².